The van der Waals surface area contributed by atoms with Crippen molar-refractivity contribution < 1.29 is 13.9 Å². The van der Waals surface area contributed by atoms with Crippen molar-refractivity contribution in [3.05, 3.63) is 68.7 Å². The quantitative estimate of drug-likeness (QED) is 0.804. The van der Waals surface area contributed by atoms with Crippen molar-refractivity contribution in [2.45, 2.75) is 6.10 Å². The Morgan fingerprint density at radius 2 is 1.78 bits per heavy atom. The van der Waals surface area contributed by atoms with Crippen LogP contribution in [0.1, 0.15) is 17.2 Å². The van der Waals surface area contributed by atoms with Crippen molar-refractivity contribution in [3.8, 4) is 0 Å². The zero-order valence-corrected chi connectivity index (χ0v) is 11.3. The molecule has 0 aliphatic rings. The van der Waals surface area contributed by atoms with Gasteiger partial charge in [0.15, 0.2) is 0 Å². The molecule has 1 nitrogen and oxygen atoms in total. The van der Waals surface area contributed by atoms with Crippen molar-refractivity contribution in [2.75, 3.05) is 0 Å². The van der Waals surface area contributed by atoms with Crippen LogP contribution >= 0.6 is 27.5 Å². The number of benzene rings is 2. The van der Waals surface area contributed by atoms with Crippen molar-refractivity contribution in [1.82, 2.24) is 0 Å². The molecule has 0 saturated heterocycles. The fourth-order valence-corrected chi connectivity index (χ4v) is 2.23. The summed E-state index contributed by atoms with van der Waals surface area (Å²) >= 11 is 8.85. The molecule has 94 valence electrons. The van der Waals surface area contributed by atoms with Crippen LogP contribution in [-0.4, -0.2) is 5.11 Å². The largest absolute Gasteiger partial charge is 0.383 e. The molecule has 0 fully saturated rings. The third-order valence-electron chi connectivity index (χ3n) is 2.55. The van der Waals surface area contributed by atoms with E-state index in [4.69, 9.17) is 11.6 Å². The van der Waals surface area contributed by atoms with E-state index in [0.717, 1.165) is 6.07 Å². The minimum atomic E-state index is -1.45. The molecule has 1 unspecified atom stereocenters. The van der Waals surface area contributed by atoms with E-state index in [1.54, 1.807) is 18.2 Å². The molecule has 0 heterocycles. The van der Waals surface area contributed by atoms with Gasteiger partial charge in [-0.2, -0.15) is 0 Å². The van der Waals surface area contributed by atoms with Crippen molar-refractivity contribution >= 4 is 27.5 Å². The molecule has 0 radical (unpaired) electrons. The van der Waals surface area contributed by atoms with E-state index in [-0.39, 0.29) is 15.1 Å². The number of aliphatic hydroxyl groups is 1. The highest BCUT2D eigenvalue weighted by Gasteiger charge is 2.23. The van der Waals surface area contributed by atoms with E-state index in [9.17, 15) is 13.9 Å². The minimum absolute atomic E-state index is 0.0880. The number of halogens is 4. The van der Waals surface area contributed by atoms with E-state index in [2.05, 4.69) is 15.9 Å². The second-order valence-electron chi connectivity index (χ2n) is 3.68. The van der Waals surface area contributed by atoms with Gasteiger partial charge in [-0.3, -0.25) is 0 Å². The maximum absolute atomic E-state index is 13.8. The minimum Gasteiger partial charge on any atom is -0.383 e. The molecular weight excluding hydrogens is 325 g/mol. The summed E-state index contributed by atoms with van der Waals surface area (Å²) in [5.41, 5.74) is -0.160. The van der Waals surface area contributed by atoms with E-state index in [1.807, 2.05) is 0 Å². The molecule has 0 saturated carbocycles. The Morgan fingerprint density at radius 1 is 1.11 bits per heavy atom. The summed E-state index contributed by atoms with van der Waals surface area (Å²) in [7, 11) is 0. The first-order chi connectivity index (χ1) is 8.52. The Morgan fingerprint density at radius 3 is 2.44 bits per heavy atom. The Kier molecular flexibility index (Phi) is 4.00. The molecule has 2 aromatic carbocycles. The van der Waals surface area contributed by atoms with Crippen LogP contribution in [0.2, 0.25) is 5.02 Å². The van der Waals surface area contributed by atoms with Gasteiger partial charge in [0.25, 0.3) is 0 Å². The average molecular weight is 334 g/mol. The Balaban J connectivity index is 2.56. The number of hydrogen-bond acceptors (Lipinski definition) is 1. The number of hydrogen-bond donors (Lipinski definition) is 1. The molecule has 0 spiro atoms. The summed E-state index contributed by atoms with van der Waals surface area (Å²) in [6, 6.07) is 8.71. The molecule has 5 heteroatoms. The molecule has 0 amide bonds. The Hall–Kier alpha value is -0.970. The van der Waals surface area contributed by atoms with E-state index < -0.39 is 23.3 Å². The summed E-state index contributed by atoms with van der Waals surface area (Å²) in [5.74, 6) is -1.65. The third-order valence-corrected chi connectivity index (χ3v) is 3.51. The van der Waals surface area contributed by atoms with Gasteiger partial charge in [0.2, 0.25) is 0 Å². The summed E-state index contributed by atoms with van der Waals surface area (Å²) in [5, 5.41) is 10.3. The molecule has 0 aromatic heterocycles. The predicted octanol–water partition coefficient (Wildman–Crippen LogP) is 4.46. The average Bonchev–Trinajstić information content (AvgIpc) is 2.35. The van der Waals surface area contributed by atoms with Crippen LogP contribution in [0.5, 0.6) is 0 Å². The first-order valence-electron chi connectivity index (χ1n) is 5.08. The van der Waals surface area contributed by atoms with Gasteiger partial charge in [0.1, 0.15) is 17.7 Å². The van der Waals surface area contributed by atoms with Crippen LogP contribution in [0.4, 0.5) is 8.78 Å². The number of rotatable bonds is 2. The van der Waals surface area contributed by atoms with E-state index in [0.29, 0.717) is 0 Å². The molecule has 0 aliphatic carbocycles. The fourth-order valence-electron chi connectivity index (χ4n) is 1.65. The van der Waals surface area contributed by atoms with Crippen LogP contribution in [0.3, 0.4) is 0 Å². The lowest BCUT2D eigenvalue weighted by molar-refractivity contribution is 0.209. The smallest absolute Gasteiger partial charge is 0.146 e. The molecule has 1 N–H and O–H groups in total. The second-order valence-corrected chi connectivity index (χ2v) is 4.94. The van der Waals surface area contributed by atoms with Crippen LogP contribution in [0, 0.1) is 11.6 Å². The van der Waals surface area contributed by atoms with Crippen molar-refractivity contribution in [3.63, 3.8) is 0 Å². The van der Waals surface area contributed by atoms with E-state index in [1.165, 1.54) is 12.1 Å². The molecule has 2 rings (SSSR count). The van der Waals surface area contributed by atoms with Gasteiger partial charge >= 0.3 is 0 Å². The standard InChI is InChI=1S/C13H8BrClF2O/c14-8-5-6-10(16)11(12(8)17)13(18)7-3-1-2-4-9(7)15/h1-6,13,18H. The molecule has 18 heavy (non-hydrogen) atoms. The summed E-state index contributed by atoms with van der Waals surface area (Å²) in [6.07, 6.45) is -1.45. The fraction of sp³-hybridized carbons (Fsp3) is 0.0769. The highest BCUT2D eigenvalue weighted by Crippen LogP contribution is 2.33. The first kappa shape index (κ1) is 13.5. The van der Waals surface area contributed by atoms with Crippen molar-refractivity contribution in [2.24, 2.45) is 0 Å². The third kappa shape index (κ3) is 2.41. The topological polar surface area (TPSA) is 20.2 Å². The summed E-state index contributed by atoms with van der Waals surface area (Å²) in [4.78, 5) is 0. The van der Waals surface area contributed by atoms with Gasteiger partial charge in [-0.25, -0.2) is 8.78 Å². The van der Waals surface area contributed by atoms with Gasteiger partial charge in [0, 0.05) is 10.6 Å². The molecule has 0 bridgehead atoms. The Bertz CT molecular complexity index is 589. The van der Waals surface area contributed by atoms with Gasteiger partial charge in [-0.05, 0) is 34.1 Å². The normalized spacial score (nSPS) is 12.5. The molecular formula is C13H8BrClF2O. The zero-order valence-electron chi connectivity index (χ0n) is 9.00. The summed E-state index contributed by atoms with van der Waals surface area (Å²) in [6.45, 7) is 0. The number of aliphatic hydroxyl groups excluding tert-OH is 1. The van der Waals surface area contributed by atoms with Gasteiger partial charge < -0.3 is 5.11 Å². The highest BCUT2D eigenvalue weighted by atomic mass is 79.9. The van der Waals surface area contributed by atoms with Crippen LogP contribution in [0.25, 0.3) is 0 Å². The van der Waals surface area contributed by atoms with Gasteiger partial charge in [0.05, 0.1) is 10.0 Å². The monoisotopic (exact) mass is 332 g/mol. The summed E-state index contributed by atoms with van der Waals surface area (Å²) < 4.78 is 27.6. The molecule has 0 aliphatic heterocycles. The second kappa shape index (κ2) is 5.34. The highest BCUT2D eigenvalue weighted by molar-refractivity contribution is 9.10. The Labute approximate surface area is 116 Å². The molecule has 1 atom stereocenters. The lowest BCUT2D eigenvalue weighted by Crippen LogP contribution is -2.07. The van der Waals surface area contributed by atoms with Crippen molar-refractivity contribution in [1.29, 1.82) is 0 Å². The van der Waals surface area contributed by atoms with Crippen LogP contribution in [-0.2, 0) is 0 Å². The SMILES string of the molecule is OC(c1ccccc1Cl)c1c(F)ccc(Br)c1F. The van der Waals surface area contributed by atoms with Gasteiger partial charge in [-0.15, -0.1) is 0 Å². The van der Waals surface area contributed by atoms with Crippen LogP contribution in [0.15, 0.2) is 40.9 Å². The zero-order chi connectivity index (χ0) is 13.3. The molecule has 2 aromatic rings. The maximum Gasteiger partial charge on any atom is 0.146 e. The predicted molar refractivity (Wildman–Crippen MR) is 69.6 cm³/mol. The lowest BCUT2D eigenvalue weighted by atomic mass is 10.0. The first-order valence-corrected chi connectivity index (χ1v) is 6.25. The maximum atomic E-state index is 13.8. The lowest BCUT2D eigenvalue weighted by Gasteiger charge is -2.15. The van der Waals surface area contributed by atoms with Crippen LogP contribution < -0.4 is 0 Å². The van der Waals surface area contributed by atoms with Gasteiger partial charge in [-0.1, -0.05) is 29.8 Å². The van der Waals surface area contributed by atoms with E-state index >= 15 is 0 Å².